The van der Waals surface area contributed by atoms with E-state index in [-0.39, 0.29) is 17.2 Å². The second-order valence-electron chi connectivity index (χ2n) is 5.30. The van der Waals surface area contributed by atoms with Crippen molar-refractivity contribution in [1.29, 1.82) is 0 Å². The van der Waals surface area contributed by atoms with Crippen molar-refractivity contribution < 1.29 is 8.42 Å². The van der Waals surface area contributed by atoms with Crippen LogP contribution in [0.4, 0.5) is 0 Å². The summed E-state index contributed by atoms with van der Waals surface area (Å²) < 4.78 is 24.4. The molecule has 0 amide bonds. The van der Waals surface area contributed by atoms with Gasteiger partial charge in [0.25, 0.3) is 0 Å². The molecule has 0 aromatic carbocycles. The highest BCUT2D eigenvalue weighted by Crippen LogP contribution is 2.29. The normalized spacial score (nSPS) is 35.6. The monoisotopic (exact) mass is 292 g/mol. The highest BCUT2D eigenvalue weighted by molar-refractivity contribution is 8.01. The standard InChI is InChI=1S/C12H24N2O2S2/c1-2-18(15,16)12-9-17-7-6-14(12)11-5-3-4-10(13)8-11/h10-12H,2-9,13H2,1H3. The van der Waals surface area contributed by atoms with Crippen molar-refractivity contribution in [3.63, 3.8) is 0 Å². The molecule has 0 radical (unpaired) electrons. The zero-order chi connectivity index (χ0) is 13.2. The van der Waals surface area contributed by atoms with Crippen LogP contribution in [0.2, 0.25) is 0 Å². The van der Waals surface area contributed by atoms with Gasteiger partial charge in [0.1, 0.15) is 5.37 Å². The summed E-state index contributed by atoms with van der Waals surface area (Å²) in [5, 5.41) is -0.281. The Bertz CT molecular complexity index is 372. The Labute approximate surface area is 115 Å². The van der Waals surface area contributed by atoms with E-state index in [4.69, 9.17) is 5.73 Å². The highest BCUT2D eigenvalue weighted by atomic mass is 32.2. The van der Waals surface area contributed by atoms with E-state index >= 15 is 0 Å². The van der Waals surface area contributed by atoms with Gasteiger partial charge in [0.15, 0.2) is 9.84 Å². The number of thioether (sulfide) groups is 1. The van der Waals surface area contributed by atoms with Crippen molar-refractivity contribution in [1.82, 2.24) is 4.90 Å². The fourth-order valence-corrected chi connectivity index (χ4v) is 6.11. The van der Waals surface area contributed by atoms with Crippen LogP contribution in [0.5, 0.6) is 0 Å². The Morgan fingerprint density at radius 3 is 2.83 bits per heavy atom. The fraction of sp³-hybridized carbons (Fsp3) is 1.00. The molecule has 1 saturated carbocycles. The molecule has 0 aromatic heterocycles. The minimum absolute atomic E-state index is 0.244. The molecule has 1 aliphatic carbocycles. The molecule has 106 valence electrons. The average molecular weight is 292 g/mol. The molecule has 0 bridgehead atoms. The minimum atomic E-state index is -2.97. The highest BCUT2D eigenvalue weighted by Gasteiger charge is 2.37. The predicted molar refractivity (Wildman–Crippen MR) is 77.5 cm³/mol. The molecular formula is C12H24N2O2S2. The van der Waals surface area contributed by atoms with Gasteiger partial charge in [-0.15, -0.1) is 0 Å². The van der Waals surface area contributed by atoms with Crippen LogP contribution in [0, 0.1) is 0 Å². The topological polar surface area (TPSA) is 63.4 Å². The summed E-state index contributed by atoms with van der Waals surface area (Å²) in [6.07, 6.45) is 4.28. The quantitative estimate of drug-likeness (QED) is 0.843. The van der Waals surface area contributed by atoms with Crippen LogP contribution in [0.25, 0.3) is 0 Å². The summed E-state index contributed by atoms with van der Waals surface area (Å²) in [4.78, 5) is 2.23. The molecule has 3 unspecified atom stereocenters. The van der Waals surface area contributed by atoms with E-state index < -0.39 is 9.84 Å². The molecule has 2 aliphatic rings. The maximum Gasteiger partial charge on any atom is 0.166 e. The van der Waals surface area contributed by atoms with Gasteiger partial charge in [-0.05, 0) is 19.3 Å². The third-order valence-electron chi connectivity index (χ3n) is 4.10. The van der Waals surface area contributed by atoms with Gasteiger partial charge in [0, 0.05) is 35.9 Å². The number of hydrogen-bond donors (Lipinski definition) is 1. The Morgan fingerprint density at radius 1 is 1.39 bits per heavy atom. The minimum Gasteiger partial charge on any atom is -0.328 e. The lowest BCUT2D eigenvalue weighted by Gasteiger charge is -2.43. The lowest BCUT2D eigenvalue weighted by atomic mass is 9.90. The summed E-state index contributed by atoms with van der Waals surface area (Å²) in [6, 6.07) is 0.629. The molecule has 0 aromatic rings. The summed E-state index contributed by atoms with van der Waals surface area (Å²) >= 11 is 1.76. The van der Waals surface area contributed by atoms with E-state index in [1.165, 1.54) is 0 Å². The van der Waals surface area contributed by atoms with Crippen molar-refractivity contribution in [2.24, 2.45) is 5.73 Å². The third kappa shape index (κ3) is 3.21. The number of hydrogen-bond acceptors (Lipinski definition) is 5. The molecule has 18 heavy (non-hydrogen) atoms. The van der Waals surface area contributed by atoms with Gasteiger partial charge < -0.3 is 5.73 Å². The van der Waals surface area contributed by atoms with Crippen LogP contribution in [0.3, 0.4) is 0 Å². The maximum atomic E-state index is 12.2. The molecule has 6 heteroatoms. The van der Waals surface area contributed by atoms with Gasteiger partial charge in [-0.1, -0.05) is 13.3 Å². The molecule has 2 N–H and O–H groups in total. The molecule has 0 spiro atoms. The Kier molecular flexibility index (Phi) is 4.97. The van der Waals surface area contributed by atoms with Crippen molar-refractivity contribution in [2.75, 3.05) is 23.8 Å². The summed E-state index contributed by atoms with van der Waals surface area (Å²) in [5.41, 5.74) is 6.04. The summed E-state index contributed by atoms with van der Waals surface area (Å²) in [6.45, 7) is 2.64. The molecule has 1 saturated heterocycles. The van der Waals surface area contributed by atoms with Gasteiger partial charge in [-0.2, -0.15) is 11.8 Å². The smallest absolute Gasteiger partial charge is 0.166 e. The Morgan fingerprint density at radius 2 is 2.17 bits per heavy atom. The largest absolute Gasteiger partial charge is 0.328 e. The maximum absolute atomic E-state index is 12.2. The predicted octanol–water partition coefficient (Wildman–Crippen LogP) is 1.07. The van der Waals surface area contributed by atoms with E-state index in [0.29, 0.717) is 6.04 Å². The van der Waals surface area contributed by atoms with Gasteiger partial charge in [0.2, 0.25) is 0 Å². The van der Waals surface area contributed by atoms with Crippen LogP contribution in [-0.2, 0) is 9.84 Å². The fourth-order valence-electron chi connectivity index (χ4n) is 3.02. The summed E-state index contributed by atoms with van der Waals surface area (Å²) in [5.74, 6) is 2.01. The SMILES string of the molecule is CCS(=O)(=O)C1CSCCN1C1CCCC(N)C1. The van der Waals surface area contributed by atoms with Crippen LogP contribution >= 0.6 is 11.8 Å². The van der Waals surface area contributed by atoms with E-state index in [0.717, 1.165) is 43.7 Å². The van der Waals surface area contributed by atoms with E-state index in [1.807, 2.05) is 0 Å². The van der Waals surface area contributed by atoms with E-state index in [9.17, 15) is 8.42 Å². The molecule has 1 heterocycles. The first-order chi connectivity index (χ1) is 8.54. The van der Waals surface area contributed by atoms with Gasteiger partial charge in [-0.25, -0.2) is 8.42 Å². The van der Waals surface area contributed by atoms with Crippen molar-refractivity contribution in [2.45, 2.75) is 50.1 Å². The zero-order valence-corrected chi connectivity index (χ0v) is 12.7. The lowest BCUT2D eigenvalue weighted by molar-refractivity contribution is 0.143. The first-order valence-corrected chi connectivity index (χ1v) is 9.72. The molecule has 2 rings (SSSR count). The molecular weight excluding hydrogens is 268 g/mol. The van der Waals surface area contributed by atoms with Crippen LogP contribution in [-0.4, -0.2) is 54.6 Å². The van der Waals surface area contributed by atoms with Crippen LogP contribution in [0.1, 0.15) is 32.6 Å². The average Bonchev–Trinajstić information content (AvgIpc) is 2.39. The summed E-state index contributed by atoms with van der Waals surface area (Å²) in [7, 11) is -2.97. The van der Waals surface area contributed by atoms with E-state index in [1.54, 1.807) is 18.7 Å². The van der Waals surface area contributed by atoms with Crippen molar-refractivity contribution in [3.05, 3.63) is 0 Å². The van der Waals surface area contributed by atoms with Crippen LogP contribution < -0.4 is 5.73 Å². The zero-order valence-electron chi connectivity index (χ0n) is 11.0. The second kappa shape index (κ2) is 6.11. The molecule has 2 fully saturated rings. The van der Waals surface area contributed by atoms with E-state index in [2.05, 4.69) is 4.90 Å². The second-order valence-corrected chi connectivity index (χ2v) is 8.90. The number of nitrogens with two attached hydrogens (primary N) is 1. The molecule has 4 nitrogen and oxygen atoms in total. The lowest BCUT2D eigenvalue weighted by Crippen LogP contribution is -2.54. The third-order valence-corrected chi connectivity index (χ3v) is 7.40. The van der Waals surface area contributed by atoms with Crippen molar-refractivity contribution >= 4 is 21.6 Å². The molecule has 3 atom stereocenters. The first kappa shape index (κ1) is 14.6. The Hall–Kier alpha value is 0.220. The molecule has 1 aliphatic heterocycles. The van der Waals surface area contributed by atoms with Crippen LogP contribution in [0.15, 0.2) is 0 Å². The Balaban J connectivity index is 2.12. The van der Waals surface area contributed by atoms with Gasteiger partial charge in [0.05, 0.1) is 0 Å². The number of nitrogens with zero attached hydrogens (tertiary/aromatic N) is 1. The number of rotatable bonds is 3. The first-order valence-electron chi connectivity index (χ1n) is 6.85. The van der Waals surface area contributed by atoms with Gasteiger partial charge in [-0.3, -0.25) is 4.90 Å². The number of sulfone groups is 1. The van der Waals surface area contributed by atoms with Crippen molar-refractivity contribution in [3.8, 4) is 0 Å². The van der Waals surface area contributed by atoms with Gasteiger partial charge >= 0.3 is 0 Å².